The Bertz CT molecular complexity index is 459. The molecule has 1 aliphatic rings. The van der Waals surface area contributed by atoms with E-state index in [1.807, 2.05) is 13.8 Å². The van der Waals surface area contributed by atoms with Gasteiger partial charge in [-0.05, 0) is 36.1 Å². The Hall–Kier alpha value is -0.870. The molecule has 1 aromatic rings. The number of amides is 1. The first kappa shape index (κ1) is 14.5. The molecule has 0 spiro atoms. The van der Waals surface area contributed by atoms with Crippen molar-refractivity contribution in [2.24, 2.45) is 5.92 Å². The Labute approximate surface area is 123 Å². The van der Waals surface area contributed by atoms with Crippen molar-refractivity contribution in [1.29, 1.82) is 0 Å². The predicted molar refractivity (Wildman–Crippen MR) is 81.1 cm³/mol. The summed E-state index contributed by atoms with van der Waals surface area (Å²) < 4.78 is 1.15. The molecule has 19 heavy (non-hydrogen) atoms. The standard InChI is InChI=1S/C15H21BrN2O/c1-10(2)15(19)18-8-7-17-14-6-3-11-9-12(16)4-5-13(11)14/h4-5,9-10,14,17H,3,6-8H2,1-2H3,(H,18,19). The number of fused-ring (bicyclic) bond motifs is 1. The first-order chi connectivity index (χ1) is 9.08. The first-order valence-corrected chi connectivity index (χ1v) is 7.66. The van der Waals surface area contributed by atoms with Crippen molar-refractivity contribution in [2.45, 2.75) is 32.7 Å². The molecule has 3 nitrogen and oxygen atoms in total. The zero-order valence-electron chi connectivity index (χ0n) is 11.5. The van der Waals surface area contributed by atoms with Crippen LogP contribution in [-0.2, 0) is 11.2 Å². The normalized spacial score (nSPS) is 17.6. The second-order valence-electron chi connectivity index (χ2n) is 5.33. The fraction of sp³-hybridized carbons (Fsp3) is 0.533. The van der Waals surface area contributed by atoms with Crippen LogP contribution in [0.15, 0.2) is 22.7 Å². The Balaban J connectivity index is 1.79. The highest BCUT2D eigenvalue weighted by atomic mass is 79.9. The average Bonchev–Trinajstić information content (AvgIpc) is 2.76. The fourth-order valence-electron chi connectivity index (χ4n) is 2.43. The molecule has 2 N–H and O–H groups in total. The fourth-order valence-corrected chi connectivity index (χ4v) is 2.84. The minimum absolute atomic E-state index is 0.0598. The maximum Gasteiger partial charge on any atom is 0.222 e. The molecule has 0 saturated carbocycles. The molecule has 0 saturated heterocycles. The first-order valence-electron chi connectivity index (χ1n) is 6.87. The summed E-state index contributed by atoms with van der Waals surface area (Å²) in [5, 5.41) is 6.45. The molecule has 4 heteroatoms. The molecule has 1 aliphatic carbocycles. The van der Waals surface area contributed by atoms with Crippen LogP contribution < -0.4 is 10.6 Å². The molecule has 1 aromatic carbocycles. The second kappa shape index (κ2) is 6.53. The lowest BCUT2D eigenvalue weighted by molar-refractivity contribution is -0.123. The van der Waals surface area contributed by atoms with Crippen molar-refractivity contribution in [3.8, 4) is 0 Å². The van der Waals surface area contributed by atoms with Gasteiger partial charge in [0.15, 0.2) is 0 Å². The number of hydrogen-bond acceptors (Lipinski definition) is 2. The molecule has 0 aliphatic heterocycles. The smallest absolute Gasteiger partial charge is 0.222 e. The summed E-state index contributed by atoms with van der Waals surface area (Å²) in [6.07, 6.45) is 2.27. The van der Waals surface area contributed by atoms with Crippen molar-refractivity contribution >= 4 is 21.8 Å². The van der Waals surface area contributed by atoms with Gasteiger partial charge in [0.25, 0.3) is 0 Å². The van der Waals surface area contributed by atoms with E-state index in [0.717, 1.165) is 23.9 Å². The third-order valence-electron chi connectivity index (χ3n) is 3.52. The van der Waals surface area contributed by atoms with Crippen LogP contribution >= 0.6 is 15.9 Å². The average molecular weight is 325 g/mol. The van der Waals surface area contributed by atoms with Crippen LogP contribution in [0.4, 0.5) is 0 Å². The Morgan fingerprint density at radius 1 is 1.42 bits per heavy atom. The summed E-state index contributed by atoms with van der Waals surface area (Å²) in [6, 6.07) is 6.92. The van der Waals surface area contributed by atoms with E-state index in [1.54, 1.807) is 0 Å². The van der Waals surface area contributed by atoms with Crippen LogP contribution in [0.5, 0.6) is 0 Å². The Morgan fingerprint density at radius 3 is 2.95 bits per heavy atom. The van der Waals surface area contributed by atoms with Crippen molar-refractivity contribution in [3.05, 3.63) is 33.8 Å². The molecule has 104 valence electrons. The topological polar surface area (TPSA) is 41.1 Å². The zero-order valence-corrected chi connectivity index (χ0v) is 13.1. The number of carbonyl (C=O) groups is 1. The van der Waals surface area contributed by atoms with Crippen LogP contribution in [0.3, 0.4) is 0 Å². The molecular formula is C15H21BrN2O. The van der Waals surface area contributed by atoms with E-state index in [2.05, 4.69) is 44.8 Å². The molecule has 0 aromatic heterocycles. The van der Waals surface area contributed by atoms with Gasteiger partial charge in [-0.15, -0.1) is 0 Å². The number of nitrogens with one attached hydrogen (secondary N) is 2. The van der Waals surface area contributed by atoms with Gasteiger partial charge in [0, 0.05) is 29.5 Å². The van der Waals surface area contributed by atoms with Crippen molar-refractivity contribution < 1.29 is 4.79 Å². The number of carbonyl (C=O) groups excluding carboxylic acids is 1. The van der Waals surface area contributed by atoms with Gasteiger partial charge in [-0.2, -0.15) is 0 Å². The third-order valence-corrected chi connectivity index (χ3v) is 4.02. The largest absolute Gasteiger partial charge is 0.355 e. The SMILES string of the molecule is CC(C)C(=O)NCCNC1CCc2cc(Br)ccc21. The van der Waals surface area contributed by atoms with Crippen LogP contribution in [0, 0.1) is 5.92 Å². The molecule has 1 atom stereocenters. The predicted octanol–water partition coefficient (Wildman–Crippen LogP) is 2.80. The minimum atomic E-state index is 0.0598. The lowest BCUT2D eigenvalue weighted by Gasteiger charge is -2.15. The van der Waals surface area contributed by atoms with E-state index in [4.69, 9.17) is 0 Å². The van der Waals surface area contributed by atoms with Crippen LogP contribution in [0.25, 0.3) is 0 Å². The number of rotatable bonds is 5. The quantitative estimate of drug-likeness (QED) is 0.818. The van der Waals surface area contributed by atoms with Gasteiger partial charge in [-0.3, -0.25) is 4.79 Å². The number of hydrogen-bond donors (Lipinski definition) is 2. The number of halogens is 1. The van der Waals surface area contributed by atoms with E-state index >= 15 is 0 Å². The van der Waals surface area contributed by atoms with Crippen molar-refractivity contribution in [3.63, 3.8) is 0 Å². The molecular weight excluding hydrogens is 304 g/mol. The van der Waals surface area contributed by atoms with Crippen LogP contribution in [-0.4, -0.2) is 19.0 Å². The van der Waals surface area contributed by atoms with Crippen molar-refractivity contribution in [1.82, 2.24) is 10.6 Å². The monoisotopic (exact) mass is 324 g/mol. The lowest BCUT2D eigenvalue weighted by atomic mass is 10.1. The number of benzene rings is 1. The van der Waals surface area contributed by atoms with Gasteiger partial charge >= 0.3 is 0 Å². The minimum Gasteiger partial charge on any atom is -0.355 e. The molecule has 0 fully saturated rings. The van der Waals surface area contributed by atoms with Gasteiger partial charge in [-0.25, -0.2) is 0 Å². The highest BCUT2D eigenvalue weighted by molar-refractivity contribution is 9.10. The highest BCUT2D eigenvalue weighted by Crippen LogP contribution is 2.32. The van der Waals surface area contributed by atoms with E-state index in [9.17, 15) is 4.79 Å². The van der Waals surface area contributed by atoms with Gasteiger partial charge in [0.2, 0.25) is 5.91 Å². The van der Waals surface area contributed by atoms with E-state index in [0.29, 0.717) is 12.6 Å². The Kier molecular flexibility index (Phi) is 4.99. The van der Waals surface area contributed by atoms with Gasteiger partial charge in [0.05, 0.1) is 0 Å². The van der Waals surface area contributed by atoms with Crippen LogP contribution in [0.1, 0.15) is 37.4 Å². The van der Waals surface area contributed by atoms with Crippen LogP contribution in [0.2, 0.25) is 0 Å². The van der Waals surface area contributed by atoms with E-state index in [-0.39, 0.29) is 11.8 Å². The molecule has 0 radical (unpaired) electrons. The zero-order chi connectivity index (χ0) is 13.8. The summed E-state index contributed by atoms with van der Waals surface area (Å²) in [5.74, 6) is 0.183. The third kappa shape index (κ3) is 3.80. The summed E-state index contributed by atoms with van der Waals surface area (Å²) in [4.78, 5) is 11.4. The van der Waals surface area contributed by atoms with Crippen molar-refractivity contribution in [2.75, 3.05) is 13.1 Å². The molecule has 1 amide bonds. The molecule has 2 rings (SSSR count). The maximum atomic E-state index is 11.4. The second-order valence-corrected chi connectivity index (χ2v) is 6.25. The molecule has 0 heterocycles. The summed E-state index contributed by atoms with van der Waals surface area (Å²) in [5.41, 5.74) is 2.83. The van der Waals surface area contributed by atoms with Gasteiger partial charge < -0.3 is 10.6 Å². The highest BCUT2D eigenvalue weighted by Gasteiger charge is 2.21. The summed E-state index contributed by atoms with van der Waals surface area (Å²) in [7, 11) is 0. The van der Waals surface area contributed by atoms with E-state index < -0.39 is 0 Å². The van der Waals surface area contributed by atoms with Gasteiger partial charge in [-0.1, -0.05) is 35.8 Å². The number of aryl methyl sites for hydroxylation is 1. The molecule has 0 bridgehead atoms. The lowest BCUT2D eigenvalue weighted by Crippen LogP contribution is -2.35. The van der Waals surface area contributed by atoms with Gasteiger partial charge in [0.1, 0.15) is 0 Å². The summed E-state index contributed by atoms with van der Waals surface area (Å²) in [6.45, 7) is 5.33. The summed E-state index contributed by atoms with van der Waals surface area (Å²) >= 11 is 3.51. The maximum absolute atomic E-state index is 11.4. The molecule has 1 unspecified atom stereocenters. The van der Waals surface area contributed by atoms with E-state index in [1.165, 1.54) is 11.1 Å². The Morgan fingerprint density at radius 2 is 2.21 bits per heavy atom.